The Bertz CT molecular complexity index is 443. The van der Waals surface area contributed by atoms with Crippen molar-refractivity contribution in [1.29, 1.82) is 0 Å². The van der Waals surface area contributed by atoms with E-state index in [0.29, 0.717) is 11.7 Å². The fourth-order valence-electron chi connectivity index (χ4n) is 2.54. The Kier molecular flexibility index (Phi) is 3.57. The molecule has 2 heterocycles. The average Bonchev–Trinajstić information content (AvgIpc) is 2.43. The molecule has 3 rings (SSSR count). The van der Waals surface area contributed by atoms with E-state index < -0.39 is 0 Å². The zero-order valence-electron chi connectivity index (χ0n) is 10.3. The SMILES string of the molecule is O=C1CSc2ccccc2N1CC1CCOCC1. The van der Waals surface area contributed by atoms with E-state index in [4.69, 9.17) is 4.74 Å². The molecule has 0 bridgehead atoms. The zero-order valence-corrected chi connectivity index (χ0v) is 11.1. The van der Waals surface area contributed by atoms with Crippen LogP contribution in [0.3, 0.4) is 0 Å². The van der Waals surface area contributed by atoms with Gasteiger partial charge in [-0.1, -0.05) is 12.1 Å². The van der Waals surface area contributed by atoms with E-state index in [2.05, 4.69) is 12.1 Å². The number of fused-ring (bicyclic) bond motifs is 1. The van der Waals surface area contributed by atoms with Gasteiger partial charge in [-0.25, -0.2) is 0 Å². The Hall–Kier alpha value is -1.00. The van der Waals surface area contributed by atoms with E-state index in [9.17, 15) is 4.79 Å². The maximum absolute atomic E-state index is 12.1. The second kappa shape index (κ2) is 5.33. The van der Waals surface area contributed by atoms with Gasteiger partial charge in [0.2, 0.25) is 5.91 Å². The highest BCUT2D eigenvalue weighted by Crippen LogP contribution is 2.35. The summed E-state index contributed by atoms with van der Waals surface area (Å²) in [5, 5.41) is 0. The predicted molar refractivity (Wildman–Crippen MR) is 73.1 cm³/mol. The molecule has 0 spiro atoms. The number of benzene rings is 1. The normalized spacial score (nSPS) is 20.9. The molecule has 0 radical (unpaired) electrons. The van der Waals surface area contributed by atoms with Crippen molar-refractivity contribution in [2.75, 3.05) is 30.4 Å². The first-order valence-corrected chi connectivity index (χ1v) is 7.43. The van der Waals surface area contributed by atoms with Gasteiger partial charge in [0.25, 0.3) is 0 Å². The first-order chi connectivity index (χ1) is 8.84. The Morgan fingerprint density at radius 3 is 2.89 bits per heavy atom. The molecule has 0 unspecified atom stereocenters. The van der Waals surface area contributed by atoms with Crippen molar-refractivity contribution in [2.24, 2.45) is 5.92 Å². The van der Waals surface area contributed by atoms with Crippen LogP contribution in [0.4, 0.5) is 5.69 Å². The lowest BCUT2D eigenvalue weighted by Crippen LogP contribution is -2.40. The summed E-state index contributed by atoms with van der Waals surface area (Å²) in [7, 11) is 0. The van der Waals surface area contributed by atoms with E-state index in [1.807, 2.05) is 17.0 Å². The number of carbonyl (C=O) groups is 1. The van der Waals surface area contributed by atoms with Crippen molar-refractivity contribution < 1.29 is 9.53 Å². The molecule has 2 aliphatic rings. The Morgan fingerprint density at radius 2 is 2.06 bits per heavy atom. The fourth-order valence-corrected chi connectivity index (χ4v) is 3.48. The highest BCUT2D eigenvalue weighted by Gasteiger charge is 2.27. The summed E-state index contributed by atoms with van der Waals surface area (Å²) in [6.07, 6.45) is 2.14. The molecule has 1 fully saturated rings. The minimum absolute atomic E-state index is 0.241. The molecule has 3 nitrogen and oxygen atoms in total. The maximum Gasteiger partial charge on any atom is 0.237 e. The van der Waals surface area contributed by atoms with Gasteiger partial charge in [0.15, 0.2) is 0 Å². The van der Waals surface area contributed by atoms with Gasteiger partial charge < -0.3 is 9.64 Å². The zero-order chi connectivity index (χ0) is 12.4. The van der Waals surface area contributed by atoms with Crippen molar-refractivity contribution in [3.8, 4) is 0 Å². The number of rotatable bonds is 2. The lowest BCUT2D eigenvalue weighted by Gasteiger charge is -2.33. The predicted octanol–water partition coefficient (Wildman–Crippen LogP) is 2.55. The number of hydrogen-bond acceptors (Lipinski definition) is 3. The van der Waals surface area contributed by atoms with Gasteiger partial charge in [0.1, 0.15) is 0 Å². The Balaban J connectivity index is 1.79. The molecule has 96 valence electrons. The van der Waals surface area contributed by atoms with Gasteiger partial charge in [0.05, 0.1) is 11.4 Å². The van der Waals surface area contributed by atoms with Crippen LogP contribution in [0.2, 0.25) is 0 Å². The van der Waals surface area contributed by atoms with Crippen LogP contribution < -0.4 is 4.90 Å². The molecule has 1 saturated heterocycles. The highest BCUT2D eigenvalue weighted by atomic mass is 32.2. The van der Waals surface area contributed by atoms with Crippen molar-refractivity contribution >= 4 is 23.4 Å². The molecule has 1 amide bonds. The van der Waals surface area contributed by atoms with Crippen molar-refractivity contribution in [2.45, 2.75) is 17.7 Å². The minimum Gasteiger partial charge on any atom is -0.381 e. The third-order valence-electron chi connectivity index (χ3n) is 3.59. The standard InChI is InChI=1S/C14H17NO2S/c16-14-10-18-13-4-2-1-3-12(13)15(14)9-11-5-7-17-8-6-11/h1-4,11H,5-10H2. The second-order valence-electron chi connectivity index (χ2n) is 4.82. The number of nitrogens with zero attached hydrogens (tertiary/aromatic N) is 1. The molecule has 0 N–H and O–H groups in total. The molecule has 2 aliphatic heterocycles. The smallest absolute Gasteiger partial charge is 0.237 e. The molecule has 18 heavy (non-hydrogen) atoms. The topological polar surface area (TPSA) is 29.5 Å². The molecule has 1 aromatic carbocycles. The van der Waals surface area contributed by atoms with Crippen LogP contribution in [0.5, 0.6) is 0 Å². The van der Waals surface area contributed by atoms with Crippen LogP contribution in [-0.2, 0) is 9.53 Å². The first-order valence-electron chi connectivity index (χ1n) is 6.44. The summed E-state index contributed by atoms with van der Waals surface area (Å²) >= 11 is 1.65. The summed E-state index contributed by atoms with van der Waals surface area (Å²) in [5.41, 5.74) is 1.09. The molecule has 0 aliphatic carbocycles. The minimum atomic E-state index is 0.241. The number of ether oxygens (including phenoxy) is 1. The van der Waals surface area contributed by atoms with Crippen molar-refractivity contribution in [3.05, 3.63) is 24.3 Å². The summed E-state index contributed by atoms with van der Waals surface area (Å²) in [4.78, 5) is 15.3. The van der Waals surface area contributed by atoms with Crippen LogP contribution in [0.1, 0.15) is 12.8 Å². The second-order valence-corrected chi connectivity index (χ2v) is 5.83. The van der Waals surface area contributed by atoms with E-state index in [1.54, 1.807) is 11.8 Å². The summed E-state index contributed by atoms with van der Waals surface area (Å²) in [6.45, 7) is 2.52. The van der Waals surface area contributed by atoms with Crippen LogP contribution in [0.25, 0.3) is 0 Å². The molecule has 0 atom stereocenters. The molecular formula is C14H17NO2S. The van der Waals surface area contributed by atoms with Crippen LogP contribution in [0, 0.1) is 5.92 Å². The molecule has 0 saturated carbocycles. The third-order valence-corrected chi connectivity index (χ3v) is 4.64. The summed E-state index contributed by atoms with van der Waals surface area (Å²) in [5.74, 6) is 1.39. The van der Waals surface area contributed by atoms with E-state index in [-0.39, 0.29) is 5.91 Å². The van der Waals surface area contributed by atoms with E-state index in [1.165, 1.54) is 4.90 Å². The number of hydrogen-bond donors (Lipinski definition) is 0. The number of carbonyl (C=O) groups excluding carboxylic acids is 1. The Morgan fingerprint density at radius 1 is 1.28 bits per heavy atom. The fraction of sp³-hybridized carbons (Fsp3) is 0.500. The summed E-state index contributed by atoms with van der Waals surface area (Å²) in [6, 6.07) is 8.20. The number of anilines is 1. The van der Waals surface area contributed by atoms with Gasteiger partial charge in [-0.2, -0.15) is 0 Å². The van der Waals surface area contributed by atoms with Crippen molar-refractivity contribution in [3.63, 3.8) is 0 Å². The largest absolute Gasteiger partial charge is 0.381 e. The van der Waals surface area contributed by atoms with Crippen LogP contribution >= 0.6 is 11.8 Å². The lowest BCUT2D eigenvalue weighted by atomic mass is 9.99. The highest BCUT2D eigenvalue weighted by molar-refractivity contribution is 8.00. The number of para-hydroxylation sites is 1. The molecule has 0 aromatic heterocycles. The van der Waals surface area contributed by atoms with Gasteiger partial charge >= 0.3 is 0 Å². The summed E-state index contributed by atoms with van der Waals surface area (Å²) < 4.78 is 5.38. The quantitative estimate of drug-likeness (QED) is 0.821. The van der Waals surface area contributed by atoms with Gasteiger partial charge in [-0.3, -0.25) is 4.79 Å². The molecule has 4 heteroatoms. The number of amides is 1. The molecule has 1 aromatic rings. The van der Waals surface area contributed by atoms with E-state index in [0.717, 1.165) is 38.3 Å². The van der Waals surface area contributed by atoms with E-state index >= 15 is 0 Å². The monoisotopic (exact) mass is 263 g/mol. The van der Waals surface area contributed by atoms with Crippen molar-refractivity contribution in [1.82, 2.24) is 0 Å². The number of thioether (sulfide) groups is 1. The van der Waals surface area contributed by atoms with Gasteiger partial charge in [-0.15, -0.1) is 11.8 Å². The average molecular weight is 263 g/mol. The maximum atomic E-state index is 12.1. The first kappa shape index (κ1) is 12.1. The van der Waals surface area contributed by atoms with Gasteiger partial charge in [0, 0.05) is 24.7 Å². The molecular weight excluding hydrogens is 246 g/mol. The van der Waals surface area contributed by atoms with Crippen LogP contribution in [-0.4, -0.2) is 31.4 Å². The Labute approximate surface area is 111 Å². The van der Waals surface area contributed by atoms with Crippen LogP contribution in [0.15, 0.2) is 29.2 Å². The third kappa shape index (κ3) is 2.40. The lowest BCUT2D eigenvalue weighted by molar-refractivity contribution is -0.116. The van der Waals surface area contributed by atoms with Gasteiger partial charge in [-0.05, 0) is 30.9 Å².